The Kier molecular flexibility index (Phi) is 8.66. The number of rotatable bonds is 10. The highest BCUT2D eigenvalue weighted by Gasteiger charge is 2.12. The number of carbonyl (C=O) groups is 1. The van der Waals surface area contributed by atoms with Gasteiger partial charge in [-0.3, -0.25) is 14.9 Å². The molecule has 3 N–H and O–H groups in total. The van der Waals surface area contributed by atoms with Gasteiger partial charge in [-0.1, -0.05) is 11.6 Å². The van der Waals surface area contributed by atoms with Gasteiger partial charge < -0.3 is 20.4 Å². The summed E-state index contributed by atoms with van der Waals surface area (Å²) in [6.07, 6.45) is -0.988. The molecule has 0 aromatic heterocycles. The fraction of sp³-hybridized carbons (Fsp3) is 0.316. The van der Waals surface area contributed by atoms with E-state index in [9.17, 15) is 20.0 Å². The number of azo groups is 1. The highest BCUT2D eigenvalue weighted by Crippen LogP contribution is 2.30. The maximum atomic E-state index is 12.0. The van der Waals surface area contributed by atoms with E-state index in [0.29, 0.717) is 17.9 Å². The molecule has 0 fully saturated rings. The van der Waals surface area contributed by atoms with Crippen LogP contribution in [0.5, 0.6) is 0 Å². The molecule has 0 aliphatic heterocycles. The number of nitro benzene ring substituents is 1. The van der Waals surface area contributed by atoms with Crippen molar-refractivity contribution in [3.8, 4) is 0 Å². The number of hydrogen-bond donors (Lipinski definition) is 3. The second-order valence-corrected chi connectivity index (χ2v) is 6.67. The number of benzene rings is 2. The number of nitro groups is 1. The third kappa shape index (κ3) is 6.76. The number of amides is 1. The quantitative estimate of drug-likeness (QED) is 0.297. The van der Waals surface area contributed by atoms with E-state index in [2.05, 4.69) is 15.5 Å². The number of nitrogens with one attached hydrogen (secondary N) is 1. The molecule has 30 heavy (non-hydrogen) atoms. The summed E-state index contributed by atoms with van der Waals surface area (Å²) in [5, 5.41) is 39.6. The van der Waals surface area contributed by atoms with Crippen LogP contribution >= 0.6 is 11.6 Å². The van der Waals surface area contributed by atoms with Gasteiger partial charge in [-0.05, 0) is 37.3 Å². The lowest BCUT2D eigenvalue weighted by Gasteiger charge is -2.22. The maximum absolute atomic E-state index is 12.0. The Labute approximate surface area is 178 Å². The average Bonchev–Trinajstić information content (AvgIpc) is 2.75. The number of hydrogen-bond acceptors (Lipinski definition) is 8. The molecule has 0 radical (unpaired) electrons. The van der Waals surface area contributed by atoms with Crippen LogP contribution < -0.4 is 10.2 Å². The molecule has 1 unspecified atom stereocenters. The molecule has 2 rings (SSSR count). The minimum absolute atomic E-state index is 0.0165. The summed E-state index contributed by atoms with van der Waals surface area (Å²) >= 11 is 6.00. The molecule has 2 aromatic carbocycles. The number of non-ortho nitro benzene ring substituents is 1. The number of nitrogens with zero attached hydrogens (tertiary/aromatic N) is 4. The lowest BCUT2D eigenvalue weighted by atomic mass is 10.2. The van der Waals surface area contributed by atoms with E-state index in [1.807, 2.05) is 11.8 Å². The summed E-state index contributed by atoms with van der Waals surface area (Å²) in [6.45, 7) is 2.14. The second-order valence-electron chi connectivity index (χ2n) is 6.26. The van der Waals surface area contributed by atoms with Crippen LogP contribution in [-0.4, -0.2) is 53.4 Å². The monoisotopic (exact) mass is 435 g/mol. The van der Waals surface area contributed by atoms with Gasteiger partial charge in [0.15, 0.2) is 0 Å². The first kappa shape index (κ1) is 23.2. The number of aliphatic hydroxyl groups excluding tert-OH is 2. The van der Waals surface area contributed by atoms with Crippen LogP contribution in [0.15, 0.2) is 52.7 Å². The maximum Gasteiger partial charge on any atom is 0.271 e. The second kappa shape index (κ2) is 11.2. The van der Waals surface area contributed by atoms with Crippen molar-refractivity contribution in [3.63, 3.8) is 0 Å². The molecule has 2 aromatic rings. The topological polar surface area (TPSA) is 141 Å². The number of likely N-dealkylation sites (N-methyl/N-ethyl adjacent to an activating group) is 1. The first-order valence-corrected chi connectivity index (χ1v) is 9.48. The first-order chi connectivity index (χ1) is 14.3. The molecule has 0 saturated carbocycles. The van der Waals surface area contributed by atoms with Gasteiger partial charge in [0, 0.05) is 30.9 Å². The molecular formula is C19H22ClN5O5. The van der Waals surface area contributed by atoms with Crippen molar-refractivity contribution in [2.75, 3.05) is 31.1 Å². The summed E-state index contributed by atoms with van der Waals surface area (Å²) < 4.78 is 0. The Hall–Kier alpha value is -3.08. The lowest BCUT2D eigenvalue weighted by molar-refractivity contribution is -0.384. The van der Waals surface area contributed by atoms with Gasteiger partial charge in [0.05, 0.1) is 34.9 Å². The summed E-state index contributed by atoms with van der Waals surface area (Å²) in [7, 11) is 0. The number of anilines is 1. The molecule has 0 saturated heterocycles. The Morgan fingerprint density at radius 1 is 1.27 bits per heavy atom. The molecule has 0 aliphatic rings. The third-order valence-corrected chi connectivity index (χ3v) is 4.39. The van der Waals surface area contributed by atoms with Gasteiger partial charge in [0.1, 0.15) is 5.69 Å². The molecule has 1 atom stereocenters. The van der Waals surface area contributed by atoms with Crippen molar-refractivity contribution in [1.29, 1.82) is 0 Å². The van der Waals surface area contributed by atoms with E-state index >= 15 is 0 Å². The largest absolute Gasteiger partial charge is 0.394 e. The van der Waals surface area contributed by atoms with Gasteiger partial charge in [0.25, 0.3) is 5.69 Å². The van der Waals surface area contributed by atoms with Crippen LogP contribution in [0.25, 0.3) is 0 Å². The summed E-state index contributed by atoms with van der Waals surface area (Å²) in [4.78, 5) is 24.0. The average molecular weight is 436 g/mol. The van der Waals surface area contributed by atoms with Gasteiger partial charge in [0.2, 0.25) is 5.91 Å². The van der Waals surface area contributed by atoms with Crippen molar-refractivity contribution in [3.05, 3.63) is 57.6 Å². The van der Waals surface area contributed by atoms with Crippen molar-refractivity contribution >= 4 is 40.3 Å². The highest BCUT2D eigenvalue weighted by molar-refractivity contribution is 6.33. The number of carbonyl (C=O) groups excluding carboxylic acids is 1. The van der Waals surface area contributed by atoms with Crippen LogP contribution in [0.2, 0.25) is 5.02 Å². The standard InChI is InChI=1S/C19H22ClN5O5/c1-2-24(11-19(28)21-10-16(27)12-26)14-5-3-13(4-6-14)22-23-18-8-7-15(25(29)30)9-17(18)20/h3-9,16,26-27H,2,10-12H2,1H3,(H,21,28)/b23-22+. The van der Waals surface area contributed by atoms with Crippen LogP contribution in [-0.2, 0) is 4.79 Å². The number of aliphatic hydroxyl groups is 2. The van der Waals surface area contributed by atoms with Crippen molar-refractivity contribution < 1.29 is 19.9 Å². The van der Waals surface area contributed by atoms with Crippen LogP contribution in [0, 0.1) is 10.1 Å². The smallest absolute Gasteiger partial charge is 0.271 e. The summed E-state index contributed by atoms with van der Waals surface area (Å²) in [6, 6.07) is 10.9. The van der Waals surface area contributed by atoms with E-state index in [1.165, 1.54) is 18.2 Å². The minimum Gasteiger partial charge on any atom is -0.394 e. The predicted octanol–water partition coefficient (Wildman–Crippen LogP) is 2.96. The van der Waals surface area contributed by atoms with Gasteiger partial charge in [-0.2, -0.15) is 5.11 Å². The molecule has 1 amide bonds. The Morgan fingerprint density at radius 3 is 2.53 bits per heavy atom. The Morgan fingerprint density at radius 2 is 1.97 bits per heavy atom. The predicted molar refractivity (Wildman–Crippen MR) is 113 cm³/mol. The summed E-state index contributed by atoms with van der Waals surface area (Å²) in [5.74, 6) is -0.277. The first-order valence-electron chi connectivity index (χ1n) is 9.10. The zero-order valence-corrected chi connectivity index (χ0v) is 17.0. The van der Waals surface area contributed by atoms with Gasteiger partial charge >= 0.3 is 0 Å². The van der Waals surface area contributed by atoms with Gasteiger partial charge in [-0.25, -0.2) is 0 Å². The highest BCUT2D eigenvalue weighted by atomic mass is 35.5. The fourth-order valence-corrected chi connectivity index (χ4v) is 2.66. The molecular weight excluding hydrogens is 414 g/mol. The fourth-order valence-electron chi connectivity index (χ4n) is 2.44. The third-order valence-electron chi connectivity index (χ3n) is 4.09. The Balaban J connectivity index is 2.01. The lowest BCUT2D eigenvalue weighted by Crippen LogP contribution is -2.41. The SMILES string of the molecule is CCN(CC(=O)NCC(O)CO)c1ccc(/N=N/c2ccc([N+](=O)[O-])cc2Cl)cc1. The van der Waals surface area contributed by atoms with Gasteiger partial charge in [-0.15, -0.1) is 5.11 Å². The zero-order valence-electron chi connectivity index (χ0n) is 16.2. The molecule has 10 nitrogen and oxygen atoms in total. The molecule has 160 valence electrons. The normalized spacial score (nSPS) is 12.0. The van der Waals surface area contributed by atoms with E-state index in [1.54, 1.807) is 24.3 Å². The van der Waals surface area contributed by atoms with Crippen LogP contribution in [0.1, 0.15) is 6.92 Å². The molecule has 0 spiro atoms. The zero-order chi connectivity index (χ0) is 22.1. The van der Waals surface area contributed by atoms with E-state index in [0.717, 1.165) is 5.69 Å². The number of halogens is 1. The molecule has 0 aliphatic carbocycles. The van der Waals surface area contributed by atoms with E-state index in [4.69, 9.17) is 16.7 Å². The molecule has 0 heterocycles. The molecule has 0 bridgehead atoms. The van der Waals surface area contributed by atoms with Crippen molar-refractivity contribution in [2.24, 2.45) is 10.2 Å². The van der Waals surface area contributed by atoms with Crippen molar-refractivity contribution in [1.82, 2.24) is 5.32 Å². The minimum atomic E-state index is -0.988. The summed E-state index contributed by atoms with van der Waals surface area (Å²) in [5.41, 5.74) is 1.52. The van der Waals surface area contributed by atoms with Crippen LogP contribution in [0.3, 0.4) is 0 Å². The van der Waals surface area contributed by atoms with E-state index in [-0.39, 0.29) is 29.7 Å². The van der Waals surface area contributed by atoms with E-state index < -0.39 is 17.6 Å². The Bertz CT molecular complexity index is 907. The molecule has 11 heteroatoms. The van der Waals surface area contributed by atoms with Crippen LogP contribution in [0.4, 0.5) is 22.7 Å². The van der Waals surface area contributed by atoms with Crippen molar-refractivity contribution in [2.45, 2.75) is 13.0 Å².